The zero-order valence-electron chi connectivity index (χ0n) is 18.7. The van der Waals surface area contributed by atoms with Gasteiger partial charge in [-0.3, -0.25) is 4.79 Å². The van der Waals surface area contributed by atoms with Crippen LogP contribution in [-0.2, 0) is 0 Å². The van der Waals surface area contributed by atoms with Crippen LogP contribution < -0.4 is 4.74 Å². The first-order chi connectivity index (χ1) is 16.3. The fourth-order valence-electron chi connectivity index (χ4n) is 4.67. The Kier molecular flexibility index (Phi) is 5.94. The fraction of sp³-hybridized carbons (Fsp3) is 0.214. The van der Waals surface area contributed by atoms with Crippen LogP contribution >= 0.6 is 0 Å². The Hall–Kier alpha value is -3.86. The molecule has 5 nitrogen and oxygen atoms in total. The zero-order valence-corrected chi connectivity index (χ0v) is 18.7. The summed E-state index contributed by atoms with van der Waals surface area (Å²) >= 11 is 0. The smallest absolute Gasteiger partial charge is 0.262 e. The van der Waals surface area contributed by atoms with Crippen LogP contribution in [0.5, 0.6) is 5.88 Å². The topological polar surface area (TPSA) is 47.4 Å². The Balaban J connectivity index is 1.66. The average Bonchev–Trinajstić information content (AvgIpc) is 3.29. The molecule has 5 heteroatoms. The molecule has 4 aromatic rings. The Morgan fingerprint density at radius 1 is 0.879 bits per heavy atom. The van der Waals surface area contributed by atoms with Gasteiger partial charge in [0.2, 0.25) is 5.88 Å². The fourth-order valence-corrected chi connectivity index (χ4v) is 4.67. The van der Waals surface area contributed by atoms with Crippen molar-refractivity contribution in [2.45, 2.75) is 25.3 Å². The van der Waals surface area contributed by atoms with E-state index in [0.29, 0.717) is 23.7 Å². The second kappa shape index (κ2) is 9.33. The quantitative estimate of drug-likeness (QED) is 0.390. The predicted octanol–water partition coefficient (Wildman–Crippen LogP) is 5.92. The molecule has 1 aliphatic rings. The lowest BCUT2D eigenvalue weighted by atomic mass is 9.94. The molecule has 1 aromatic heterocycles. The third-order valence-electron chi connectivity index (χ3n) is 6.25. The van der Waals surface area contributed by atoms with Crippen LogP contribution in [0.4, 0.5) is 0 Å². The van der Waals surface area contributed by atoms with Gasteiger partial charge in [-0.25, -0.2) is 0 Å². The number of likely N-dealkylation sites (tertiary alicyclic amines) is 1. The summed E-state index contributed by atoms with van der Waals surface area (Å²) in [6, 6.07) is 30.0. The maximum Gasteiger partial charge on any atom is 0.262 e. The Labute approximate surface area is 194 Å². The summed E-state index contributed by atoms with van der Waals surface area (Å²) in [6.45, 7) is 0.715. The standard InChI is InChI=1S/C28H27N3O2/c1-33-28-25(27(32)30-20-12-11-19-24(30)21-13-5-2-6-14-21)26(22-15-7-3-8-16-22)29-31(28)23-17-9-4-10-18-23/h2-10,13-18,24H,11-12,19-20H2,1H3. The van der Waals surface area contributed by atoms with Gasteiger partial charge < -0.3 is 9.64 Å². The number of hydrogen-bond donors (Lipinski definition) is 0. The molecular formula is C28H27N3O2. The second-order valence-electron chi connectivity index (χ2n) is 8.27. The van der Waals surface area contributed by atoms with Gasteiger partial charge in [0.05, 0.1) is 18.8 Å². The van der Waals surface area contributed by atoms with E-state index in [1.165, 1.54) is 5.56 Å². The molecule has 33 heavy (non-hydrogen) atoms. The number of aromatic nitrogens is 2. The van der Waals surface area contributed by atoms with E-state index in [2.05, 4.69) is 12.1 Å². The van der Waals surface area contributed by atoms with Crippen molar-refractivity contribution in [1.29, 1.82) is 0 Å². The highest BCUT2D eigenvalue weighted by Gasteiger charge is 2.35. The van der Waals surface area contributed by atoms with Crippen LogP contribution in [0.25, 0.3) is 16.9 Å². The summed E-state index contributed by atoms with van der Waals surface area (Å²) in [4.78, 5) is 16.2. The maximum atomic E-state index is 14.2. The molecule has 1 amide bonds. The van der Waals surface area contributed by atoms with Gasteiger partial charge in [-0.15, -0.1) is 0 Å². The zero-order chi connectivity index (χ0) is 22.6. The van der Waals surface area contributed by atoms with E-state index in [-0.39, 0.29) is 11.9 Å². The molecule has 5 rings (SSSR count). The number of methoxy groups -OCH3 is 1. The van der Waals surface area contributed by atoms with Crippen LogP contribution in [0.3, 0.4) is 0 Å². The van der Waals surface area contributed by atoms with Crippen LogP contribution in [-0.4, -0.2) is 34.2 Å². The molecule has 3 aromatic carbocycles. The number of hydrogen-bond acceptors (Lipinski definition) is 3. The van der Waals surface area contributed by atoms with Crippen molar-refractivity contribution in [2.24, 2.45) is 0 Å². The van der Waals surface area contributed by atoms with E-state index >= 15 is 0 Å². The molecule has 166 valence electrons. The van der Waals surface area contributed by atoms with Crippen molar-refractivity contribution >= 4 is 5.91 Å². The molecule has 0 N–H and O–H groups in total. The van der Waals surface area contributed by atoms with Crippen molar-refractivity contribution in [3.8, 4) is 22.8 Å². The summed E-state index contributed by atoms with van der Waals surface area (Å²) in [5.41, 5.74) is 4.06. The first-order valence-corrected chi connectivity index (χ1v) is 11.4. The van der Waals surface area contributed by atoms with Gasteiger partial charge in [-0.05, 0) is 37.0 Å². The minimum Gasteiger partial charge on any atom is -0.480 e. The van der Waals surface area contributed by atoms with E-state index in [9.17, 15) is 4.79 Å². The SMILES string of the molecule is COc1c(C(=O)N2CCCCC2c2ccccc2)c(-c2ccccc2)nn1-c1ccccc1. The minimum atomic E-state index is -0.0403. The number of amides is 1. The van der Waals surface area contributed by atoms with E-state index in [1.54, 1.807) is 11.8 Å². The van der Waals surface area contributed by atoms with Crippen molar-refractivity contribution in [1.82, 2.24) is 14.7 Å². The lowest BCUT2D eigenvalue weighted by Gasteiger charge is -2.36. The first-order valence-electron chi connectivity index (χ1n) is 11.4. The summed E-state index contributed by atoms with van der Waals surface area (Å²) in [5, 5.41) is 4.88. The van der Waals surface area contributed by atoms with Gasteiger partial charge in [0.1, 0.15) is 11.3 Å². The molecule has 0 aliphatic carbocycles. The number of ether oxygens (including phenoxy) is 1. The van der Waals surface area contributed by atoms with Crippen molar-refractivity contribution in [2.75, 3.05) is 13.7 Å². The summed E-state index contributed by atoms with van der Waals surface area (Å²) in [7, 11) is 1.60. The normalized spacial score (nSPS) is 15.9. The number of para-hydroxylation sites is 1. The second-order valence-corrected chi connectivity index (χ2v) is 8.27. The van der Waals surface area contributed by atoms with Gasteiger partial charge in [0, 0.05) is 12.1 Å². The highest BCUT2D eigenvalue weighted by Crippen LogP contribution is 2.38. The summed E-state index contributed by atoms with van der Waals surface area (Å²) < 4.78 is 7.57. The molecule has 0 spiro atoms. The largest absolute Gasteiger partial charge is 0.480 e. The van der Waals surface area contributed by atoms with Gasteiger partial charge in [0.15, 0.2) is 0 Å². The lowest BCUT2D eigenvalue weighted by Crippen LogP contribution is -2.38. The third-order valence-corrected chi connectivity index (χ3v) is 6.25. The number of carbonyl (C=O) groups is 1. The molecule has 1 unspecified atom stereocenters. The van der Waals surface area contributed by atoms with Crippen LogP contribution in [0.1, 0.15) is 41.2 Å². The Morgan fingerprint density at radius 2 is 1.52 bits per heavy atom. The van der Waals surface area contributed by atoms with Gasteiger partial charge in [-0.2, -0.15) is 9.78 Å². The monoisotopic (exact) mass is 437 g/mol. The maximum absolute atomic E-state index is 14.2. The van der Waals surface area contributed by atoms with Gasteiger partial charge >= 0.3 is 0 Å². The molecule has 2 heterocycles. The first kappa shape index (κ1) is 21.0. The minimum absolute atomic E-state index is 0.0403. The van der Waals surface area contributed by atoms with Gasteiger partial charge in [0.25, 0.3) is 5.91 Å². The van der Waals surface area contributed by atoms with Crippen LogP contribution in [0, 0.1) is 0 Å². The number of rotatable bonds is 5. The molecule has 1 saturated heterocycles. The molecule has 0 radical (unpaired) electrons. The van der Waals surface area contributed by atoms with Crippen LogP contribution in [0.15, 0.2) is 91.0 Å². The summed E-state index contributed by atoms with van der Waals surface area (Å²) in [5.74, 6) is 0.420. The number of carbonyl (C=O) groups excluding carboxylic acids is 1. The highest BCUT2D eigenvalue weighted by molar-refractivity contribution is 6.02. The number of nitrogens with zero attached hydrogens (tertiary/aromatic N) is 3. The molecule has 1 atom stereocenters. The van der Waals surface area contributed by atoms with E-state index in [1.807, 2.05) is 83.8 Å². The average molecular weight is 438 g/mol. The highest BCUT2D eigenvalue weighted by atomic mass is 16.5. The van der Waals surface area contributed by atoms with Gasteiger partial charge in [-0.1, -0.05) is 78.9 Å². The van der Waals surface area contributed by atoms with Crippen molar-refractivity contribution < 1.29 is 9.53 Å². The Bertz CT molecular complexity index is 1220. The van der Waals surface area contributed by atoms with Crippen molar-refractivity contribution in [3.63, 3.8) is 0 Å². The predicted molar refractivity (Wildman–Crippen MR) is 130 cm³/mol. The van der Waals surface area contributed by atoms with E-state index < -0.39 is 0 Å². The van der Waals surface area contributed by atoms with Crippen LogP contribution in [0.2, 0.25) is 0 Å². The molecule has 1 fully saturated rings. The number of benzene rings is 3. The third kappa shape index (κ3) is 4.02. The molecule has 0 bridgehead atoms. The number of piperidine rings is 1. The molecular weight excluding hydrogens is 410 g/mol. The molecule has 1 aliphatic heterocycles. The molecule has 0 saturated carbocycles. The van der Waals surface area contributed by atoms with E-state index in [0.717, 1.165) is 30.5 Å². The summed E-state index contributed by atoms with van der Waals surface area (Å²) in [6.07, 6.45) is 3.05. The Morgan fingerprint density at radius 3 is 2.18 bits per heavy atom. The lowest BCUT2D eigenvalue weighted by molar-refractivity contribution is 0.0609. The van der Waals surface area contributed by atoms with E-state index in [4.69, 9.17) is 9.84 Å². The van der Waals surface area contributed by atoms with Crippen molar-refractivity contribution in [3.05, 3.63) is 102 Å².